The van der Waals surface area contributed by atoms with Crippen LogP contribution in [0.4, 0.5) is 11.4 Å². The van der Waals surface area contributed by atoms with Crippen molar-refractivity contribution in [3.05, 3.63) is 82.4 Å². The van der Waals surface area contributed by atoms with Gasteiger partial charge in [0.15, 0.2) is 5.75 Å². The van der Waals surface area contributed by atoms with Gasteiger partial charge in [-0.15, -0.1) is 0 Å². The van der Waals surface area contributed by atoms with Crippen LogP contribution in [0.25, 0.3) is 0 Å². The summed E-state index contributed by atoms with van der Waals surface area (Å²) in [6.45, 7) is 2.18. The number of carbonyl (C=O) groups excluding carboxylic acids is 2. The van der Waals surface area contributed by atoms with E-state index in [1.807, 2.05) is 19.1 Å². The number of nitrogens with one attached hydrogen (secondary N) is 2. The summed E-state index contributed by atoms with van der Waals surface area (Å²) in [5.41, 5.74) is 0.210. The molecular weight excluding hydrogens is 442 g/mol. The first-order chi connectivity index (χ1) is 16.4. The normalized spacial score (nSPS) is 10.2. The molecule has 0 fully saturated rings. The van der Waals surface area contributed by atoms with E-state index in [9.17, 15) is 19.7 Å². The maximum Gasteiger partial charge on any atom is 0.311 e. The van der Waals surface area contributed by atoms with Crippen LogP contribution >= 0.6 is 0 Å². The number of amides is 2. The molecular formula is C24H23N3O7. The molecule has 34 heavy (non-hydrogen) atoms. The van der Waals surface area contributed by atoms with E-state index in [2.05, 4.69) is 10.6 Å². The highest BCUT2D eigenvalue weighted by Gasteiger charge is 2.18. The molecule has 176 valence electrons. The molecule has 0 radical (unpaired) electrons. The predicted molar refractivity (Wildman–Crippen MR) is 125 cm³/mol. The predicted octanol–water partition coefficient (Wildman–Crippen LogP) is 4.16. The number of carbonyl (C=O) groups is 2. The highest BCUT2D eigenvalue weighted by Crippen LogP contribution is 2.27. The molecule has 10 nitrogen and oxygen atoms in total. The molecule has 10 heteroatoms. The van der Waals surface area contributed by atoms with E-state index in [0.29, 0.717) is 23.8 Å². The number of nitro benzene ring substituents is 1. The molecule has 0 heterocycles. The van der Waals surface area contributed by atoms with Gasteiger partial charge in [-0.05, 0) is 67.6 Å². The van der Waals surface area contributed by atoms with Gasteiger partial charge in [-0.2, -0.15) is 0 Å². The third kappa shape index (κ3) is 6.45. The van der Waals surface area contributed by atoms with Crippen molar-refractivity contribution in [3.8, 4) is 23.0 Å². The highest BCUT2D eigenvalue weighted by atomic mass is 16.6. The Bertz CT molecular complexity index is 1160. The summed E-state index contributed by atoms with van der Waals surface area (Å²) in [6, 6.07) is 17.7. The van der Waals surface area contributed by atoms with Crippen molar-refractivity contribution in [2.75, 3.05) is 25.6 Å². The molecule has 3 rings (SSSR count). The molecule has 0 bridgehead atoms. The first kappa shape index (κ1) is 24.1. The van der Waals surface area contributed by atoms with Crippen molar-refractivity contribution in [2.45, 2.75) is 6.92 Å². The van der Waals surface area contributed by atoms with Crippen LogP contribution in [0.5, 0.6) is 23.0 Å². The van der Waals surface area contributed by atoms with Gasteiger partial charge in [-0.3, -0.25) is 19.7 Å². The first-order valence-corrected chi connectivity index (χ1v) is 10.3. The van der Waals surface area contributed by atoms with E-state index in [1.54, 1.807) is 36.4 Å². The second kappa shape index (κ2) is 11.3. The van der Waals surface area contributed by atoms with Crippen molar-refractivity contribution in [3.63, 3.8) is 0 Å². The third-order valence-electron chi connectivity index (χ3n) is 4.56. The van der Waals surface area contributed by atoms with E-state index in [-0.39, 0.29) is 23.5 Å². The number of anilines is 1. The van der Waals surface area contributed by atoms with E-state index in [1.165, 1.54) is 19.2 Å². The number of rotatable bonds is 10. The number of hydrogen-bond donors (Lipinski definition) is 2. The summed E-state index contributed by atoms with van der Waals surface area (Å²) in [5, 5.41) is 16.2. The fourth-order valence-electron chi connectivity index (χ4n) is 2.95. The lowest BCUT2D eigenvalue weighted by molar-refractivity contribution is -0.385. The van der Waals surface area contributed by atoms with Crippen LogP contribution < -0.4 is 24.8 Å². The van der Waals surface area contributed by atoms with Gasteiger partial charge in [0.1, 0.15) is 17.2 Å². The molecule has 0 aliphatic rings. The number of ether oxygens (including phenoxy) is 3. The Balaban J connectivity index is 1.51. The number of nitrogens with zero attached hydrogens (tertiary/aromatic N) is 1. The molecule has 2 N–H and O–H groups in total. The second-order valence-corrected chi connectivity index (χ2v) is 6.91. The number of hydrogen-bond acceptors (Lipinski definition) is 7. The van der Waals surface area contributed by atoms with Crippen molar-refractivity contribution in [2.24, 2.45) is 0 Å². The largest absolute Gasteiger partial charge is 0.494 e. The first-order valence-electron chi connectivity index (χ1n) is 10.3. The summed E-state index contributed by atoms with van der Waals surface area (Å²) < 4.78 is 16.1. The number of benzene rings is 3. The summed E-state index contributed by atoms with van der Waals surface area (Å²) in [7, 11) is 1.30. The van der Waals surface area contributed by atoms with Gasteiger partial charge >= 0.3 is 5.69 Å². The maximum atomic E-state index is 12.3. The van der Waals surface area contributed by atoms with E-state index in [0.717, 1.165) is 11.8 Å². The van der Waals surface area contributed by atoms with Crippen molar-refractivity contribution in [1.82, 2.24) is 5.32 Å². The minimum atomic E-state index is -0.647. The highest BCUT2D eigenvalue weighted by molar-refractivity contribution is 5.99. The fourth-order valence-corrected chi connectivity index (χ4v) is 2.95. The third-order valence-corrected chi connectivity index (χ3v) is 4.56. The molecule has 0 aliphatic heterocycles. The smallest absolute Gasteiger partial charge is 0.311 e. The fraction of sp³-hybridized carbons (Fsp3) is 0.167. The Morgan fingerprint density at radius 1 is 0.941 bits per heavy atom. The molecule has 0 spiro atoms. The average Bonchev–Trinajstić information content (AvgIpc) is 2.84. The summed E-state index contributed by atoms with van der Waals surface area (Å²) in [6.07, 6.45) is 0. The molecule has 0 atom stereocenters. The van der Waals surface area contributed by atoms with Gasteiger partial charge in [0.05, 0.1) is 25.2 Å². The zero-order valence-electron chi connectivity index (χ0n) is 18.6. The standard InChI is InChI=1S/C24H23N3O7/c1-3-33-18-9-11-20(12-10-18)34-19-7-5-17(6-8-19)26-23(28)15-25-24(29)16-4-13-22(32-2)21(14-16)27(30)31/h4-14H,3,15H2,1-2H3,(H,25,29)(H,26,28). The Morgan fingerprint density at radius 2 is 1.56 bits per heavy atom. The molecule has 2 amide bonds. The van der Waals surface area contributed by atoms with Crippen LogP contribution in [0.1, 0.15) is 17.3 Å². The van der Waals surface area contributed by atoms with Gasteiger partial charge in [-0.1, -0.05) is 0 Å². The molecule has 0 saturated carbocycles. The van der Waals surface area contributed by atoms with Crippen LogP contribution in [0.3, 0.4) is 0 Å². The van der Waals surface area contributed by atoms with Gasteiger partial charge in [0.25, 0.3) is 5.91 Å². The van der Waals surface area contributed by atoms with E-state index < -0.39 is 16.7 Å². The second-order valence-electron chi connectivity index (χ2n) is 6.91. The van der Waals surface area contributed by atoms with Crippen molar-refractivity contribution < 1.29 is 28.7 Å². The number of nitro groups is 1. The zero-order valence-corrected chi connectivity index (χ0v) is 18.6. The maximum absolute atomic E-state index is 12.3. The van der Waals surface area contributed by atoms with Crippen LogP contribution in [0, 0.1) is 10.1 Å². The summed E-state index contributed by atoms with van der Waals surface area (Å²) in [4.78, 5) is 34.9. The lowest BCUT2D eigenvalue weighted by Gasteiger charge is -2.10. The van der Waals surface area contributed by atoms with Crippen molar-refractivity contribution >= 4 is 23.2 Å². The Morgan fingerprint density at radius 3 is 2.15 bits per heavy atom. The number of methoxy groups -OCH3 is 1. The van der Waals surface area contributed by atoms with Crippen LogP contribution in [0.2, 0.25) is 0 Å². The zero-order chi connectivity index (χ0) is 24.5. The van der Waals surface area contributed by atoms with Gasteiger partial charge in [0.2, 0.25) is 5.91 Å². The van der Waals surface area contributed by atoms with E-state index in [4.69, 9.17) is 14.2 Å². The monoisotopic (exact) mass is 465 g/mol. The molecule has 3 aromatic carbocycles. The minimum absolute atomic E-state index is 0.0363. The topological polar surface area (TPSA) is 129 Å². The molecule has 0 saturated heterocycles. The van der Waals surface area contributed by atoms with Crippen molar-refractivity contribution in [1.29, 1.82) is 0 Å². The lowest BCUT2D eigenvalue weighted by atomic mass is 10.1. The van der Waals surface area contributed by atoms with Gasteiger partial charge < -0.3 is 24.8 Å². The van der Waals surface area contributed by atoms with E-state index >= 15 is 0 Å². The quantitative estimate of drug-likeness (QED) is 0.340. The van der Waals surface area contributed by atoms with Crippen LogP contribution in [0.15, 0.2) is 66.7 Å². The SMILES string of the molecule is CCOc1ccc(Oc2ccc(NC(=O)CNC(=O)c3ccc(OC)c([N+](=O)[O-])c3)cc2)cc1. The summed E-state index contributed by atoms with van der Waals surface area (Å²) >= 11 is 0. The van der Waals surface area contributed by atoms with Gasteiger partial charge in [-0.25, -0.2) is 0 Å². The summed E-state index contributed by atoms with van der Waals surface area (Å²) in [5.74, 6) is 0.925. The Hall–Kier alpha value is -4.60. The molecule has 0 unspecified atom stereocenters. The molecule has 3 aromatic rings. The Labute approximate surface area is 195 Å². The van der Waals surface area contributed by atoms with Gasteiger partial charge in [0, 0.05) is 17.3 Å². The average molecular weight is 465 g/mol. The molecule has 0 aliphatic carbocycles. The van der Waals surface area contributed by atoms with Crippen LogP contribution in [-0.4, -0.2) is 37.0 Å². The molecule has 0 aromatic heterocycles. The van der Waals surface area contributed by atoms with Crippen LogP contribution in [-0.2, 0) is 4.79 Å². The Kier molecular flexibility index (Phi) is 8.01. The lowest BCUT2D eigenvalue weighted by Crippen LogP contribution is -2.32. The minimum Gasteiger partial charge on any atom is -0.494 e.